The Hall–Kier alpha value is -4.11. The highest BCUT2D eigenvalue weighted by molar-refractivity contribution is 9.10. The minimum atomic E-state index is -0.396. The highest BCUT2D eigenvalue weighted by atomic mass is 79.9. The Morgan fingerprint density at radius 3 is 2.47 bits per heavy atom. The average molecular weight is 517 g/mol. The van der Waals surface area contributed by atoms with Crippen LogP contribution in [-0.4, -0.2) is 35.3 Å². The molecule has 0 radical (unpaired) electrons. The summed E-state index contributed by atoms with van der Waals surface area (Å²) < 4.78 is 16.6. The minimum absolute atomic E-state index is 0.0883. The molecule has 7 nitrogen and oxygen atoms in total. The summed E-state index contributed by atoms with van der Waals surface area (Å²) >= 11 is 3.25. The molecular weight excluding hydrogens is 499 g/mol. The van der Waals surface area contributed by atoms with Gasteiger partial charge < -0.3 is 4.57 Å². The van der Waals surface area contributed by atoms with Gasteiger partial charge in [0.15, 0.2) is 0 Å². The summed E-state index contributed by atoms with van der Waals surface area (Å²) in [5.41, 5.74) is 3.37. The fraction of sp³-hybridized carbons (Fsp3) is 0.0400. The predicted octanol–water partition coefficient (Wildman–Crippen LogP) is 5.25. The maximum absolute atomic E-state index is 14.0. The first kappa shape index (κ1) is 23.1. The highest BCUT2D eigenvalue weighted by Crippen LogP contribution is 2.24. The summed E-state index contributed by atoms with van der Waals surface area (Å²) in [5, 5.41) is 0. The maximum atomic E-state index is 14.0. The maximum Gasteiger partial charge on any atom is 0.250 e. The van der Waals surface area contributed by atoms with Crippen LogP contribution in [0.15, 0.2) is 96.6 Å². The van der Waals surface area contributed by atoms with Crippen molar-refractivity contribution in [2.45, 2.75) is 6.92 Å². The van der Waals surface area contributed by atoms with Crippen molar-refractivity contribution in [3.8, 4) is 16.8 Å². The number of pyridine rings is 2. The van der Waals surface area contributed by atoms with E-state index >= 15 is 0 Å². The van der Waals surface area contributed by atoms with E-state index in [9.17, 15) is 9.18 Å². The number of hydrogen-bond donors (Lipinski definition) is 0. The second-order valence-corrected chi connectivity index (χ2v) is 7.94. The molecule has 0 aliphatic carbocycles. The number of aryl methyl sites for hydroxylation is 1. The normalized spacial score (nSPS) is 10.3. The van der Waals surface area contributed by atoms with Gasteiger partial charge >= 0.3 is 0 Å². The van der Waals surface area contributed by atoms with E-state index in [1.54, 1.807) is 35.3 Å². The van der Waals surface area contributed by atoms with Crippen LogP contribution in [0.4, 0.5) is 4.39 Å². The number of imidazole rings is 1. The summed E-state index contributed by atoms with van der Waals surface area (Å²) in [6, 6.07) is 14.5. The van der Waals surface area contributed by atoms with E-state index in [0.29, 0.717) is 11.1 Å². The first-order valence-electron chi connectivity index (χ1n) is 10.2. The summed E-state index contributed by atoms with van der Waals surface area (Å²) in [7, 11) is 0. The molecule has 0 unspecified atom stereocenters. The molecule has 0 spiro atoms. The quantitative estimate of drug-likeness (QED) is 0.239. The van der Waals surface area contributed by atoms with Crippen LogP contribution in [0.1, 0.15) is 21.9 Å². The van der Waals surface area contributed by atoms with Gasteiger partial charge in [-0.25, -0.2) is 24.3 Å². The van der Waals surface area contributed by atoms with E-state index in [0.717, 1.165) is 10.3 Å². The van der Waals surface area contributed by atoms with Crippen LogP contribution < -0.4 is 0 Å². The Morgan fingerprint density at radius 1 is 0.941 bits per heavy atom. The minimum Gasteiger partial charge on any atom is -0.306 e. The summed E-state index contributed by atoms with van der Waals surface area (Å²) in [4.78, 5) is 32.1. The van der Waals surface area contributed by atoms with Crippen LogP contribution >= 0.6 is 15.9 Å². The zero-order chi connectivity index (χ0) is 23.9. The Labute approximate surface area is 203 Å². The van der Waals surface area contributed by atoms with Crippen molar-refractivity contribution in [2.24, 2.45) is 0 Å². The van der Waals surface area contributed by atoms with Gasteiger partial charge in [0.05, 0.1) is 6.20 Å². The number of benzene rings is 1. The van der Waals surface area contributed by atoms with Crippen molar-refractivity contribution >= 4 is 21.7 Å². The van der Waals surface area contributed by atoms with E-state index < -0.39 is 5.82 Å². The van der Waals surface area contributed by atoms with Crippen LogP contribution in [0.3, 0.4) is 0 Å². The molecule has 0 saturated carbocycles. The lowest BCUT2D eigenvalue weighted by molar-refractivity contribution is 0.102. The highest BCUT2D eigenvalue weighted by Gasteiger charge is 2.15. The van der Waals surface area contributed by atoms with E-state index in [-0.39, 0.29) is 17.3 Å². The SMILES string of the molecule is Cc1ccnc(Br)c1.O=C(c1cn(-c2cccc(-c3ccncc3F)c2)cn1)c1ncccn1. The van der Waals surface area contributed by atoms with E-state index in [4.69, 9.17) is 0 Å². The summed E-state index contributed by atoms with van der Waals surface area (Å²) in [6.07, 6.45) is 10.6. The smallest absolute Gasteiger partial charge is 0.250 e. The third-order valence-electron chi connectivity index (χ3n) is 4.69. The number of aromatic nitrogens is 6. The molecule has 4 heterocycles. The van der Waals surface area contributed by atoms with Gasteiger partial charge in [0.1, 0.15) is 22.4 Å². The number of ketones is 1. The molecule has 0 bridgehead atoms. The van der Waals surface area contributed by atoms with Crippen LogP contribution in [0.2, 0.25) is 0 Å². The van der Waals surface area contributed by atoms with Crippen LogP contribution in [0, 0.1) is 12.7 Å². The van der Waals surface area contributed by atoms with Crippen LogP contribution in [-0.2, 0) is 0 Å². The Morgan fingerprint density at radius 2 is 1.76 bits per heavy atom. The Balaban J connectivity index is 0.000000291. The molecule has 0 aliphatic heterocycles. The van der Waals surface area contributed by atoms with Gasteiger partial charge in [-0.2, -0.15) is 0 Å². The standard InChI is InChI=1S/C19H12FN5O.C6H6BrN/c20-16-10-21-8-5-15(16)13-3-1-4-14(9-13)25-11-17(24-12-25)18(26)19-22-6-2-7-23-19;1-5-2-3-8-6(7)4-5/h1-12H;2-4H,1H3. The Kier molecular flexibility index (Phi) is 7.24. The zero-order valence-electron chi connectivity index (χ0n) is 18.0. The summed E-state index contributed by atoms with van der Waals surface area (Å²) in [5.74, 6) is -0.668. The number of carbonyl (C=O) groups is 1. The second-order valence-electron chi connectivity index (χ2n) is 7.13. The average Bonchev–Trinajstić information content (AvgIpc) is 3.35. The molecular formula is C25H18BrFN6O. The molecule has 0 fully saturated rings. The lowest BCUT2D eigenvalue weighted by atomic mass is 10.1. The van der Waals surface area contributed by atoms with Gasteiger partial charge in [0.2, 0.25) is 11.6 Å². The largest absolute Gasteiger partial charge is 0.306 e. The number of halogens is 2. The van der Waals surface area contributed by atoms with Crippen molar-refractivity contribution in [2.75, 3.05) is 0 Å². The molecule has 168 valence electrons. The molecule has 0 amide bonds. The van der Waals surface area contributed by atoms with Crippen molar-refractivity contribution in [3.05, 3.63) is 120 Å². The number of rotatable bonds is 4. The van der Waals surface area contributed by atoms with E-state index in [1.807, 2.05) is 43.3 Å². The molecule has 4 aromatic heterocycles. The third kappa shape index (κ3) is 5.62. The topological polar surface area (TPSA) is 86.5 Å². The first-order chi connectivity index (χ1) is 16.5. The monoisotopic (exact) mass is 516 g/mol. The van der Waals surface area contributed by atoms with Crippen LogP contribution in [0.5, 0.6) is 0 Å². The van der Waals surface area contributed by atoms with Gasteiger partial charge in [-0.3, -0.25) is 9.78 Å². The van der Waals surface area contributed by atoms with Crippen LogP contribution in [0.25, 0.3) is 16.8 Å². The van der Waals surface area contributed by atoms with Crippen molar-refractivity contribution in [3.63, 3.8) is 0 Å². The zero-order valence-corrected chi connectivity index (χ0v) is 19.6. The van der Waals surface area contributed by atoms with Gasteiger partial charge in [-0.1, -0.05) is 12.1 Å². The third-order valence-corrected chi connectivity index (χ3v) is 5.13. The number of hydrogen-bond acceptors (Lipinski definition) is 6. The fourth-order valence-electron chi connectivity index (χ4n) is 3.05. The molecule has 5 aromatic rings. The molecule has 0 atom stereocenters. The molecule has 9 heteroatoms. The molecule has 0 N–H and O–H groups in total. The van der Waals surface area contributed by atoms with Gasteiger partial charge in [-0.05, 0) is 70.4 Å². The lowest BCUT2D eigenvalue weighted by Gasteiger charge is -2.06. The first-order valence-corrected chi connectivity index (χ1v) is 10.9. The number of carbonyl (C=O) groups excluding carboxylic acids is 1. The lowest BCUT2D eigenvalue weighted by Crippen LogP contribution is -2.06. The van der Waals surface area contributed by atoms with Crippen molar-refractivity contribution < 1.29 is 9.18 Å². The summed E-state index contributed by atoms with van der Waals surface area (Å²) in [6.45, 7) is 2.03. The molecule has 34 heavy (non-hydrogen) atoms. The molecule has 1 aromatic carbocycles. The molecule has 0 aliphatic rings. The molecule has 5 rings (SSSR count). The second kappa shape index (κ2) is 10.7. The fourth-order valence-corrected chi connectivity index (χ4v) is 3.53. The van der Waals surface area contributed by atoms with Gasteiger partial charge in [-0.15, -0.1) is 0 Å². The van der Waals surface area contributed by atoms with Gasteiger partial charge in [0, 0.05) is 42.2 Å². The van der Waals surface area contributed by atoms with E-state index in [2.05, 4.69) is 40.8 Å². The van der Waals surface area contributed by atoms with E-state index in [1.165, 1.54) is 30.5 Å². The van der Waals surface area contributed by atoms with Gasteiger partial charge in [0.25, 0.3) is 0 Å². The number of nitrogens with zero attached hydrogens (tertiary/aromatic N) is 6. The predicted molar refractivity (Wildman–Crippen MR) is 129 cm³/mol. The Bertz CT molecular complexity index is 1410. The van der Waals surface area contributed by atoms with Crippen molar-refractivity contribution in [1.82, 2.24) is 29.5 Å². The van der Waals surface area contributed by atoms with Crippen molar-refractivity contribution in [1.29, 1.82) is 0 Å². The molecule has 0 saturated heterocycles.